The molecular formula is C20H30F4N4O2S2. The SMILES string of the molecule is CC[SH](=O)(COC)C(/N=C(\S)C(C)(F)F)=C(C)\C(C)=N\c1cc(C(C)(F)F)ncc1NC. The molecule has 0 aliphatic heterocycles. The van der Waals surface area contributed by atoms with Crippen molar-refractivity contribution in [1.82, 2.24) is 4.98 Å². The van der Waals surface area contributed by atoms with Gasteiger partial charge in [0.05, 0.1) is 17.6 Å². The number of hydrogen-bond acceptors (Lipinski definition) is 6. The van der Waals surface area contributed by atoms with Gasteiger partial charge in [-0.05, 0) is 29.8 Å². The monoisotopic (exact) mass is 498 g/mol. The van der Waals surface area contributed by atoms with Crippen molar-refractivity contribution in [3.8, 4) is 0 Å². The van der Waals surface area contributed by atoms with Crippen LogP contribution >= 0.6 is 12.6 Å². The van der Waals surface area contributed by atoms with E-state index in [1.54, 1.807) is 20.9 Å². The van der Waals surface area contributed by atoms with E-state index in [2.05, 4.69) is 32.9 Å². The Morgan fingerprint density at radius 3 is 2.31 bits per heavy atom. The van der Waals surface area contributed by atoms with Gasteiger partial charge in [-0.15, -0.1) is 12.6 Å². The summed E-state index contributed by atoms with van der Waals surface area (Å²) in [5, 5.41) is 1.91. The molecule has 0 atom stereocenters. The number of nitrogens with zero attached hydrogens (tertiary/aromatic N) is 3. The van der Waals surface area contributed by atoms with Gasteiger partial charge in [-0.1, -0.05) is 6.92 Å². The van der Waals surface area contributed by atoms with E-state index in [4.69, 9.17) is 4.74 Å². The first-order valence-electron chi connectivity index (χ1n) is 9.66. The van der Waals surface area contributed by atoms with Gasteiger partial charge < -0.3 is 10.1 Å². The zero-order valence-electron chi connectivity index (χ0n) is 19.1. The van der Waals surface area contributed by atoms with Crippen molar-refractivity contribution in [2.24, 2.45) is 9.98 Å². The second-order valence-electron chi connectivity index (χ2n) is 7.32. The molecule has 182 valence electrons. The van der Waals surface area contributed by atoms with Crippen LogP contribution in [-0.2, 0) is 20.6 Å². The summed E-state index contributed by atoms with van der Waals surface area (Å²) in [6, 6.07) is 1.13. The van der Waals surface area contributed by atoms with Crippen LogP contribution in [0.1, 0.15) is 40.3 Å². The lowest BCUT2D eigenvalue weighted by Gasteiger charge is -2.25. The summed E-state index contributed by atoms with van der Waals surface area (Å²) >= 11 is 3.79. The van der Waals surface area contributed by atoms with Crippen molar-refractivity contribution in [1.29, 1.82) is 0 Å². The van der Waals surface area contributed by atoms with E-state index in [0.29, 0.717) is 19.5 Å². The normalized spacial score (nSPS) is 15.5. The molecule has 0 fully saturated rings. The van der Waals surface area contributed by atoms with Crippen LogP contribution < -0.4 is 5.32 Å². The molecule has 1 rings (SSSR count). The Morgan fingerprint density at radius 2 is 1.88 bits per heavy atom. The Bertz CT molecular complexity index is 967. The first kappa shape index (κ1) is 28.2. The highest BCUT2D eigenvalue weighted by Crippen LogP contribution is 2.33. The summed E-state index contributed by atoms with van der Waals surface area (Å²) in [4.78, 5) is 12.0. The number of anilines is 1. The summed E-state index contributed by atoms with van der Waals surface area (Å²) < 4.78 is 73.6. The number of nitrogens with one attached hydrogen (secondary N) is 1. The van der Waals surface area contributed by atoms with Gasteiger partial charge in [0.15, 0.2) is 0 Å². The number of alkyl halides is 4. The topological polar surface area (TPSA) is 75.9 Å². The molecule has 12 heteroatoms. The predicted octanol–water partition coefficient (Wildman–Crippen LogP) is 5.18. The maximum Gasteiger partial charge on any atom is 0.292 e. The molecule has 0 spiro atoms. The van der Waals surface area contributed by atoms with Crippen LogP contribution in [0.5, 0.6) is 0 Å². The summed E-state index contributed by atoms with van der Waals surface area (Å²) in [6.45, 7) is 6.05. The largest absolute Gasteiger partial charge is 0.385 e. The Hall–Kier alpha value is -1.79. The van der Waals surface area contributed by atoms with Crippen LogP contribution in [0.25, 0.3) is 0 Å². The van der Waals surface area contributed by atoms with Gasteiger partial charge >= 0.3 is 0 Å². The molecule has 0 unspecified atom stereocenters. The minimum Gasteiger partial charge on any atom is -0.385 e. The minimum absolute atomic E-state index is 0.101. The first-order valence-corrected chi connectivity index (χ1v) is 12.2. The number of aromatic nitrogens is 1. The van der Waals surface area contributed by atoms with Gasteiger partial charge in [-0.2, -0.15) is 17.6 Å². The summed E-state index contributed by atoms with van der Waals surface area (Å²) in [5.74, 6) is -6.65. The van der Waals surface area contributed by atoms with Crippen molar-refractivity contribution < 1.29 is 26.5 Å². The number of hydrogen-bond donors (Lipinski definition) is 3. The maximum absolute atomic E-state index is 13.8. The summed E-state index contributed by atoms with van der Waals surface area (Å²) in [7, 11) is -0.421. The Labute approximate surface area is 192 Å². The fourth-order valence-electron chi connectivity index (χ4n) is 2.59. The molecule has 0 aromatic carbocycles. The standard InChI is InChI=1S/C20H30F4N4O2S2/c1-8-32(29,11-30-7)17(28-18(31)20(5,23)24)12(2)13(3)27-14-9-16(19(4,21)22)26-10-15(14)25-6/h9-10,25,32H,8,11H2,1-7H3,(H,28,31)/b17-12-,27-13+. The van der Waals surface area contributed by atoms with Gasteiger partial charge in [-0.25, -0.2) is 4.99 Å². The highest BCUT2D eigenvalue weighted by atomic mass is 32.2. The molecule has 0 radical (unpaired) electrons. The van der Waals surface area contributed by atoms with Gasteiger partial charge in [0.25, 0.3) is 11.8 Å². The number of pyridine rings is 1. The molecule has 0 saturated carbocycles. The predicted molar refractivity (Wildman–Crippen MR) is 128 cm³/mol. The second kappa shape index (κ2) is 10.9. The lowest BCUT2D eigenvalue weighted by Crippen LogP contribution is -2.27. The maximum atomic E-state index is 13.8. The first-order chi connectivity index (χ1) is 14.6. The van der Waals surface area contributed by atoms with Crippen LogP contribution in [0.15, 0.2) is 32.9 Å². The molecule has 6 nitrogen and oxygen atoms in total. The van der Waals surface area contributed by atoms with Crippen molar-refractivity contribution in [2.45, 2.75) is 46.5 Å². The Kier molecular flexibility index (Phi) is 9.61. The zero-order valence-corrected chi connectivity index (χ0v) is 20.9. The quantitative estimate of drug-likeness (QED) is 0.180. The van der Waals surface area contributed by atoms with Crippen LogP contribution in [0.2, 0.25) is 0 Å². The van der Waals surface area contributed by atoms with Crippen molar-refractivity contribution in [3.63, 3.8) is 0 Å². The third kappa shape index (κ3) is 7.11. The highest BCUT2D eigenvalue weighted by Gasteiger charge is 2.31. The van der Waals surface area contributed by atoms with E-state index < -0.39 is 32.5 Å². The van der Waals surface area contributed by atoms with Crippen LogP contribution in [0.4, 0.5) is 28.9 Å². The van der Waals surface area contributed by atoms with Crippen LogP contribution in [-0.4, -0.2) is 51.7 Å². The summed E-state index contributed by atoms with van der Waals surface area (Å²) in [5.41, 5.74) is 0.559. The van der Waals surface area contributed by atoms with Gasteiger partial charge in [-0.3, -0.25) is 14.2 Å². The number of methoxy groups -OCH3 is 1. The molecule has 0 amide bonds. The Balaban J connectivity index is 3.80. The number of allylic oxidation sites excluding steroid dienone is 1. The second-order valence-corrected chi connectivity index (χ2v) is 10.8. The highest BCUT2D eigenvalue weighted by molar-refractivity contribution is 8.06. The van der Waals surface area contributed by atoms with E-state index in [1.165, 1.54) is 20.2 Å². The van der Waals surface area contributed by atoms with Gasteiger partial charge in [0, 0.05) is 45.0 Å². The molecule has 0 bridgehead atoms. The van der Waals surface area contributed by atoms with Crippen molar-refractivity contribution in [2.75, 3.05) is 31.2 Å². The lowest BCUT2D eigenvalue weighted by molar-refractivity contribution is 0.0128. The Morgan fingerprint density at radius 1 is 1.28 bits per heavy atom. The van der Waals surface area contributed by atoms with E-state index in [9.17, 15) is 21.8 Å². The number of aliphatic imine (C=N–C) groups is 2. The average molecular weight is 499 g/mol. The molecule has 1 aromatic rings. The molecule has 32 heavy (non-hydrogen) atoms. The van der Waals surface area contributed by atoms with Crippen molar-refractivity contribution >= 4 is 44.7 Å². The zero-order chi connectivity index (χ0) is 24.9. The minimum atomic E-state index is -3.35. The van der Waals surface area contributed by atoms with Crippen LogP contribution in [0, 0.1) is 0 Å². The van der Waals surface area contributed by atoms with E-state index in [0.717, 1.165) is 6.07 Å². The number of rotatable bonds is 10. The third-order valence-corrected chi connectivity index (χ3v) is 8.00. The smallest absolute Gasteiger partial charge is 0.292 e. The van der Waals surface area contributed by atoms with Gasteiger partial charge in [0.2, 0.25) is 0 Å². The van der Waals surface area contributed by atoms with E-state index in [-0.39, 0.29) is 33.7 Å². The average Bonchev–Trinajstić information content (AvgIpc) is 2.69. The third-order valence-electron chi connectivity index (χ3n) is 4.61. The van der Waals surface area contributed by atoms with Crippen molar-refractivity contribution in [3.05, 3.63) is 28.6 Å². The molecule has 0 aliphatic carbocycles. The number of ether oxygens (including phenoxy) is 1. The molecular weight excluding hydrogens is 468 g/mol. The fourth-order valence-corrected chi connectivity index (χ4v) is 4.84. The summed E-state index contributed by atoms with van der Waals surface area (Å²) in [6.07, 6.45) is 1.22. The van der Waals surface area contributed by atoms with Gasteiger partial charge in [0.1, 0.15) is 21.7 Å². The fraction of sp³-hybridized carbons (Fsp3) is 0.550. The van der Waals surface area contributed by atoms with E-state index >= 15 is 0 Å². The number of thiol groups is 2. The van der Waals surface area contributed by atoms with Crippen LogP contribution in [0.3, 0.4) is 0 Å². The molecule has 0 saturated heterocycles. The lowest BCUT2D eigenvalue weighted by atomic mass is 10.2. The van der Waals surface area contributed by atoms with E-state index in [1.807, 2.05) is 0 Å². The molecule has 1 N–H and O–H groups in total. The molecule has 0 aliphatic rings. The molecule has 1 aromatic heterocycles. The molecule has 1 heterocycles. The number of halogens is 4.